The maximum Gasteiger partial charge on any atom is 0.327 e. The second-order valence-electron chi connectivity index (χ2n) is 5.82. The van der Waals surface area contributed by atoms with Crippen molar-refractivity contribution in [3.63, 3.8) is 0 Å². The molecule has 0 fully saturated rings. The zero-order chi connectivity index (χ0) is 18.5. The van der Waals surface area contributed by atoms with Crippen molar-refractivity contribution < 1.29 is 4.79 Å². The first-order valence-corrected chi connectivity index (χ1v) is 8.78. The van der Waals surface area contributed by atoms with Crippen LogP contribution in [-0.2, 0) is 6.54 Å². The van der Waals surface area contributed by atoms with Crippen molar-refractivity contribution in [1.82, 2.24) is 4.98 Å². The van der Waals surface area contributed by atoms with Crippen LogP contribution in [0.5, 0.6) is 0 Å². The van der Waals surface area contributed by atoms with Gasteiger partial charge in [0.05, 0.1) is 16.6 Å². The van der Waals surface area contributed by atoms with Gasteiger partial charge >= 0.3 is 6.03 Å². The molecule has 6 heteroatoms. The molecule has 1 N–H and O–H groups in total. The zero-order valence-electron chi connectivity index (χ0n) is 14.1. The molecule has 0 spiro atoms. The van der Waals surface area contributed by atoms with Crippen molar-refractivity contribution in [3.05, 3.63) is 88.0 Å². The van der Waals surface area contributed by atoms with Crippen LogP contribution in [0.15, 0.2) is 66.9 Å². The number of aromatic nitrogens is 1. The quantitative estimate of drug-likeness (QED) is 0.604. The van der Waals surface area contributed by atoms with Gasteiger partial charge < -0.3 is 5.32 Å². The fourth-order valence-electron chi connectivity index (χ4n) is 2.53. The standard InChI is InChI=1S/C20H17Cl2N3O/c1-14-5-4-6-15(11-14)13-25(19-7-2-3-10-23-19)20(26)24-16-8-9-17(21)18(22)12-16/h2-12H,13H2,1H3,(H,24,26). The smallest absolute Gasteiger partial charge is 0.307 e. The maximum absolute atomic E-state index is 12.9. The Morgan fingerprint density at radius 2 is 1.88 bits per heavy atom. The normalized spacial score (nSPS) is 10.4. The summed E-state index contributed by atoms with van der Waals surface area (Å²) in [5.74, 6) is 0.562. The third-order valence-electron chi connectivity index (χ3n) is 3.77. The maximum atomic E-state index is 12.9. The number of rotatable bonds is 4. The molecule has 0 saturated carbocycles. The minimum absolute atomic E-state index is 0.302. The van der Waals surface area contributed by atoms with Crippen molar-refractivity contribution >= 4 is 40.7 Å². The molecule has 3 aromatic rings. The molecule has 0 atom stereocenters. The predicted molar refractivity (Wildman–Crippen MR) is 107 cm³/mol. The molecular formula is C20H17Cl2N3O. The summed E-state index contributed by atoms with van der Waals surface area (Å²) in [7, 11) is 0. The Morgan fingerprint density at radius 3 is 2.58 bits per heavy atom. The number of hydrogen-bond donors (Lipinski definition) is 1. The number of anilines is 2. The topological polar surface area (TPSA) is 45.2 Å². The monoisotopic (exact) mass is 385 g/mol. The Labute approximate surface area is 162 Å². The molecule has 0 saturated heterocycles. The van der Waals surface area contributed by atoms with Crippen LogP contribution >= 0.6 is 23.2 Å². The molecule has 0 unspecified atom stereocenters. The molecule has 0 aliphatic rings. The largest absolute Gasteiger partial charge is 0.327 e. The van der Waals surface area contributed by atoms with Gasteiger partial charge in [-0.2, -0.15) is 0 Å². The van der Waals surface area contributed by atoms with E-state index in [9.17, 15) is 4.79 Å². The summed E-state index contributed by atoms with van der Waals surface area (Å²) in [6, 6.07) is 18.1. The Hall–Kier alpha value is -2.56. The Morgan fingerprint density at radius 1 is 1.04 bits per heavy atom. The van der Waals surface area contributed by atoms with Crippen molar-refractivity contribution in [3.8, 4) is 0 Å². The van der Waals surface area contributed by atoms with Crippen LogP contribution in [0.4, 0.5) is 16.3 Å². The van der Waals surface area contributed by atoms with Gasteiger partial charge in [0, 0.05) is 11.9 Å². The predicted octanol–water partition coefficient (Wildman–Crippen LogP) is 5.94. The molecule has 26 heavy (non-hydrogen) atoms. The fourth-order valence-corrected chi connectivity index (χ4v) is 2.83. The fraction of sp³-hybridized carbons (Fsp3) is 0.100. The number of nitrogens with zero attached hydrogens (tertiary/aromatic N) is 2. The highest BCUT2D eigenvalue weighted by Crippen LogP contribution is 2.25. The Bertz CT molecular complexity index is 916. The van der Waals surface area contributed by atoms with E-state index in [0.717, 1.165) is 11.1 Å². The van der Waals surface area contributed by atoms with Crippen molar-refractivity contribution in [2.75, 3.05) is 10.2 Å². The van der Waals surface area contributed by atoms with Crippen LogP contribution in [-0.4, -0.2) is 11.0 Å². The first-order chi connectivity index (χ1) is 12.5. The summed E-state index contributed by atoms with van der Waals surface area (Å²) in [6.45, 7) is 2.41. The van der Waals surface area contributed by atoms with E-state index in [1.165, 1.54) is 0 Å². The Kier molecular flexibility index (Phi) is 5.76. The molecule has 1 aromatic heterocycles. The van der Waals surface area contributed by atoms with Crippen LogP contribution < -0.4 is 10.2 Å². The van der Waals surface area contributed by atoms with Gasteiger partial charge in [0.1, 0.15) is 5.82 Å². The molecule has 2 amide bonds. The molecule has 4 nitrogen and oxygen atoms in total. The highest BCUT2D eigenvalue weighted by atomic mass is 35.5. The molecule has 0 bridgehead atoms. The number of halogens is 2. The first kappa shape index (κ1) is 18.2. The van der Waals surface area contributed by atoms with Crippen molar-refractivity contribution in [2.24, 2.45) is 0 Å². The van der Waals surface area contributed by atoms with Gasteiger partial charge in [0.2, 0.25) is 0 Å². The van der Waals surface area contributed by atoms with Gasteiger partial charge in [-0.1, -0.05) is 59.1 Å². The van der Waals surface area contributed by atoms with E-state index in [0.29, 0.717) is 28.1 Å². The van der Waals surface area contributed by atoms with E-state index >= 15 is 0 Å². The van der Waals surface area contributed by atoms with Crippen LogP contribution in [0.3, 0.4) is 0 Å². The van der Waals surface area contributed by atoms with Crippen LogP contribution in [0.25, 0.3) is 0 Å². The number of benzene rings is 2. The van der Waals surface area contributed by atoms with Gasteiger partial charge in [-0.15, -0.1) is 0 Å². The number of urea groups is 1. The molecule has 132 valence electrons. The van der Waals surface area contributed by atoms with E-state index in [-0.39, 0.29) is 6.03 Å². The van der Waals surface area contributed by atoms with E-state index in [1.807, 2.05) is 43.3 Å². The summed E-state index contributed by atoms with van der Waals surface area (Å²) in [5.41, 5.74) is 2.71. The first-order valence-electron chi connectivity index (χ1n) is 8.03. The molecule has 0 radical (unpaired) electrons. The van der Waals surface area contributed by atoms with E-state index in [4.69, 9.17) is 23.2 Å². The average Bonchev–Trinajstić information content (AvgIpc) is 2.63. The highest BCUT2D eigenvalue weighted by molar-refractivity contribution is 6.42. The lowest BCUT2D eigenvalue weighted by molar-refractivity contribution is 0.256. The number of pyridine rings is 1. The van der Waals surface area contributed by atoms with E-state index in [1.54, 1.807) is 35.4 Å². The minimum atomic E-state index is -0.302. The third-order valence-corrected chi connectivity index (χ3v) is 4.50. The third kappa shape index (κ3) is 4.54. The molecule has 3 rings (SSSR count). The number of aryl methyl sites for hydroxylation is 1. The number of nitrogens with one attached hydrogen (secondary N) is 1. The summed E-state index contributed by atoms with van der Waals surface area (Å²) in [6.07, 6.45) is 1.66. The van der Waals surface area contributed by atoms with Crippen LogP contribution in [0.2, 0.25) is 10.0 Å². The van der Waals surface area contributed by atoms with Gasteiger partial charge in [0.25, 0.3) is 0 Å². The lowest BCUT2D eigenvalue weighted by Gasteiger charge is -2.22. The van der Waals surface area contributed by atoms with Crippen LogP contribution in [0, 0.1) is 6.92 Å². The van der Waals surface area contributed by atoms with Crippen LogP contribution in [0.1, 0.15) is 11.1 Å². The lowest BCUT2D eigenvalue weighted by atomic mass is 10.1. The lowest BCUT2D eigenvalue weighted by Crippen LogP contribution is -2.35. The van der Waals surface area contributed by atoms with Gasteiger partial charge in [-0.3, -0.25) is 4.90 Å². The molecule has 2 aromatic carbocycles. The summed E-state index contributed by atoms with van der Waals surface area (Å²) < 4.78 is 0. The number of carbonyl (C=O) groups excluding carboxylic acids is 1. The zero-order valence-corrected chi connectivity index (χ0v) is 15.6. The highest BCUT2D eigenvalue weighted by Gasteiger charge is 2.18. The molecule has 0 aliphatic carbocycles. The summed E-state index contributed by atoms with van der Waals surface area (Å²) >= 11 is 12.0. The summed E-state index contributed by atoms with van der Waals surface area (Å²) in [5, 5.41) is 3.67. The van der Waals surface area contributed by atoms with Gasteiger partial charge in [0.15, 0.2) is 0 Å². The molecule has 1 heterocycles. The molecular weight excluding hydrogens is 369 g/mol. The number of hydrogen-bond acceptors (Lipinski definition) is 2. The Balaban J connectivity index is 1.87. The van der Waals surface area contributed by atoms with Crippen molar-refractivity contribution in [1.29, 1.82) is 0 Å². The SMILES string of the molecule is Cc1cccc(CN(C(=O)Nc2ccc(Cl)c(Cl)c2)c2ccccn2)c1. The second-order valence-corrected chi connectivity index (χ2v) is 6.64. The van der Waals surface area contributed by atoms with Crippen molar-refractivity contribution in [2.45, 2.75) is 13.5 Å². The van der Waals surface area contributed by atoms with E-state index in [2.05, 4.69) is 10.3 Å². The second kappa shape index (κ2) is 8.21. The van der Waals surface area contributed by atoms with Gasteiger partial charge in [-0.05, 0) is 42.8 Å². The van der Waals surface area contributed by atoms with E-state index < -0.39 is 0 Å². The number of amides is 2. The van der Waals surface area contributed by atoms with Gasteiger partial charge in [-0.25, -0.2) is 9.78 Å². The summed E-state index contributed by atoms with van der Waals surface area (Å²) in [4.78, 5) is 18.8. The number of carbonyl (C=O) groups is 1. The molecule has 0 aliphatic heterocycles. The average molecular weight is 386 g/mol. The minimum Gasteiger partial charge on any atom is -0.307 e.